The summed E-state index contributed by atoms with van der Waals surface area (Å²) in [5, 5.41) is 2.69. The Morgan fingerprint density at radius 3 is 1.00 bits per heavy atom. The minimum absolute atomic E-state index is 1.05. The van der Waals surface area contributed by atoms with E-state index in [1.165, 1.54) is 151 Å². The molecule has 2 aromatic carbocycles. The molecule has 0 bridgehead atoms. The Morgan fingerprint density at radius 2 is 0.698 bits per heavy atom. The first-order chi connectivity index (χ1) is 21.2. The number of furan rings is 1. The average Bonchev–Trinajstić information content (AvgIpc) is 3.42. The third-order valence-corrected chi connectivity index (χ3v) is 9.29. The number of hydrogen-bond donors (Lipinski definition) is 0. The van der Waals surface area contributed by atoms with Gasteiger partial charge >= 0.3 is 0 Å². The molecule has 0 unspecified atom stereocenters. The van der Waals surface area contributed by atoms with E-state index in [1.807, 2.05) is 0 Å². The molecule has 0 saturated carbocycles. The van der Waals surface area contributed by atoms with Crippen molar-refractivity contribution in [3.63, 3.8) is 0 Å². The van der Waals surface area contributed by atoms with E-state index in [0.717, 1.165) is 37.3 Å². The lowest BCUT2D eigenvalue weighted by Crippen LogP contribution is -2.27. The fourth-order valence-electron chi connectivity index (χ4n) is 6.69. The first kappa shape index (κ1) is 35.3. The Kier molecular flexibility index (Phi) is 17.7. The number of nitrogens with zero attached hydrogens (tertiary/aromatic N) is 2. The van der Waals surface area contributed by atoms with Gasteiger partial charge in [-0.25, -0.2) is 0 Å². The zero-order chi connectivity index (χ0) is 30.5. The summed E-state index contributed by atoms with van der Waals surface area (Å²) >= 11 is 0. The van der Waals surface area contributed by atoms with Gasteiger partial charge in [0.1, 0.15) is 11.2 Å². The molecule has 0 amide bonds. The van der Waals surface area contributed by atoms with Gasteiger partial charge in [0, 0.05) is 37.6 Å². The molecule has 1 aromatic heterocycles. The Labute approximate surface area is 265 Å². The van der Waals surface area contributed by atoms with Gasteiger partial charge in [-0.1, -0.05) is 143 Å². The lowest BCUT2D eigenvalue weighted by molar-refractivity contribution is 0.589. The van der Waals surface area contributed by atoms with Crippen molar-refractivity contribution in [1.82, 2.24) is 0 Å². The van der Waals surface area contributed by atoms with E-state index < -0.39 is 0 Å². The molecule has 0 aliphatic rings. The van der Waals surface area contributed by atoms with Crippen LogP contribution in [0.3, 0.4) is 0 Å². The van der Waals surface area contributed by atoms with Gasteiger partial charge in [-0.15, -0.1) is 0 Å². The monoisotopic (exact) mass is 591 g/mol. The van der Waals surface area contributed by atoms with Gasteiger partial charge in [0.25, 0.3) is 0 Å². The molecule has 0 spiro atoms. The molecule has 0 N–H and O–H groups in total. The summed E-state index contributed by atoms with van der Waals surface area (Å²) in [4.78, 5) is 5.43. The van der Waals surface area contributed by atoms with Crippen molar-refractivity contribution < 1.29 is 4.42 Å². The Bertz CT molecular complexity index is 1000. The van der Waals surface area contributed by atoms with Crippen molar-refractivity contribution in [1.29, 1.82) is 0 Å². The van der Waals surface area contributed by atoms with E-state index in [-0.39, 0.29) is 0 Å². The molecule has 3 heteroatoms. The second-order valence-electron chi connectivity index (χ2n) is 13.0. The van der Waals surface area contributed by atoms with E-state index >= 15 is 0 Å². The van der Waals surface area contributed by atoms with Crippen molar-refractivity contribution in [3.05, 3.63) is 36.4 Å². The lowest BCUT2D eigenvalue weighted by atomic mass is 10.0. The zero-order valence-corrected chi connectivity index (χ0v) is 28.7. The van der Waals surface area contributed by atoms with Crippen LogP contribution in [0.2, 0.25) is 0 Å². The van der Waals surface area contributed by atoms with Gasteiger partial charge in [0.2, 0.25) is 0 Å². The fourth-order valence-corrected chi connectivity index (χ4v) is 6.69. The highest BCUT2D eigenvalue weighted by atomic mass is 16.3. The number of hydrogen-bond acceptors (Lipinski definition) is 3. The third kappa shape index (κ3) is 11.7. The van der Waals surface area contributed by atoms with Gasteiger partial charge < -0.3 is 14.2 Å². The molecule has 3 rings (SSSR count). The summed E-state index contributed by atoms with van der Waals surface area (Å²) in [6.07, 6.45) is 26.5. The molecule has 43 heavy (non-hydrogen) atoms. The molecule has 0 atom stereocenters. The van der Waals surface area contributed by atoms with Crippen molar-refractivity contribution >= 4 is 33.3 Å². The third-order valence-electron chi connectivity index (χ3n) is 9.29. The lowest BCUT2D eigenvalue weighted by Gasteiger charge is -2.28. The van der Waals surface area contributed by atoms with Crippen LogP contribution in [0.5, 0.6) is 0 Å². The zero-order valence-electron chi connectivity index (χ0n) is 28.7. The summed E-state index contributed by atoms with van der Waals surface area (Å²) < 4.78 is 6.61. The SMILES string of the molecule is CCCCCCCN(CCCCCCC)c1cccc2oc3cccc(N(CCCCCCC)CCCCCCC)c3c12. The number of anilines is 2. The minimum atomic E-state index is 1.05. The van der Waals surface area contributed by atoms with Crippen molar-refractivity contribution in [2.45, 2.75) is 156 Å². The van der Waals surface area contributed by atoms with Gasteiger partial charge in [-0.05, 0) is 49.9 Å². The highest BCUT2D eigenvalue weighted by molar-refractivity contribution is 6.16. The van der Waals surface area contributed by atoms with E-state index in [0.29, 0.717) is 0 Å². The molecule has 3 nitrogen and oxygen atoms in total. The topological polar surface area (TPSA) is 19.6 Å². The molecule has 3 aromatic rings. The summed E-state index contributed by atoms with van der Waals surface area (Å²) in [6, 6.07) is 13.6. The normalized spacial score (nSPS) is 11.6. The Morgan fingerprint density at radius 1 is 0.395 bits per heavy atom. The first-order valence-corrected chi connectivity index (χ1v) is 18.7. The molecule has 0 aliphatic carbocycles. The molecule has 0 radical (unpaired) electrons. The van der Waals surface area contributed by atoms with Gasteiger partial charge in [0.05, 0.1) is 10.8 Å². The maximum atomic E-state index is 6.61. The number of benzene rings is 2. The van der Waals surface area contributed by atoms with Crippen LogP contribution in [-0.4, -0.2) is 26.2 Å². The summed E-state index contributed by atoms with van der Waals surface area (Å²) in [6.45, 7) is 13.8. The molecule has 1 heterocycles. The second kappa shape index (κ2) is 21.5. The smallest absolute Gasteiger partial charge is 0.137 e. The number of rotatable bonds is 26. The Balaban J connectivity index is 1.94. The molecule has 242 valence electrons. The number of fused-ring (bicyclic) bond motifs is 3. The van der Waals surface area contributed by atoms with Gasteiger partial charge in [-0.2, -0.15) is 0 Å². The molecular weight excluding hydrogens is 524 g/mol. The van der Waals surface area contributed by atoms with Crippen molar-refractivity contribution in [2.24, 2.45) is 0 Å². The number of unbranched alkanes of at least 4 members (excludes halogenated alkanes) is 16. The van der Waals surface area contributed by atoms with Crippen LogP contribution >= 0.6 is 0 Å². The molecular formula is C40H66N2O. The largest absolute Gasteiger partial charge is 0.456 e. The van der Waals surface area contributed by atoms with E-state index in [2.05, 4.69) is 73.9 Å². The van der Waals surface area contributed by atoms with Crippen LogP contribution in [0.15, 0.2) is 40.8 Å². The van der Waals surface area contributed by atoms with Crippen LogP contribution in [0.1, 0.15) is 156 Å². The highest BCUT2D eigenvalue weighted by Gasteiger charge is 2.20. The highest BCUT2D eigenvalue weighted by Crippen LogP contribution is 2.41. The van der Waals surface area contributed by atoms with Crippen molar-refractivity contribution in [2.75, 3.05) is 36.0 Å². The van der Waals surface area contributed by atoms with Crippen LogP contribution in [0.25, 0.3) is 21.9 Å². The summed E-state index contributed by atoms with van der Waals surface area (Å²) in [5.41, 5.74) is 4.88. The maximum absolute atomic E-state index is 6.61. The first-order valence-electron chi connectivity index (χ1n) is 18.7. The molecule has 0 fully saturated rings. The van der Waals surface area contributed by atoms with E-state index in [4.69, 9.17) is 4.42 Å². The van der Waals surface area contributed by atoms with Gasteiger partial charge in [0.15, 0.2) is 0 Å². The summed E-state index contributed by atoms with van der Waals surface area (Å²) in [7, 11) is 0. The minimum Gasteiger partial charge on any atom is -0.456 e. The van der Waals surface area contributed by atoms with Crippen molar-refractivity contribution in [3.8, 4) is 0 Å². The van der Waals surface area contributed by atoms with Crippen LogP contribution in [0, 0.1) is 0 Å². The average molecular weight is 591 g/mol. The fraction of sp³-hybridized carbons (Fsp3) is 0.700. The predicted octanol–water partition coefficient (Wildman–Crippen LogP) is 13.1. The van der Waals surface area contributed by atoms with E-state index in [9.17, 15) is 0 Å². The van der Waals surface area contributed by atoms with Crippen LogP contribution in [0.4, 0.5) is 11.4 Å². The summed E-state index contributed by atoms with van der Waals surface area (Å²) in [5.74, 6) is 0. The van der Waals surface area contributed by atoms with Crippen LogP contribution < -0.4 is 9.80 Å². The quantitative estimate of drug-likeness (QED) is 0.0867. The molecule has 0 aliphatic heterocycles. The predicted molar refractivity (Wildman–Crippen MR) is 193 cm³/mol. The molecule has 0 saturated heterocycles. The van der Waals surface area contributed by atoms with E-state index in [1.54, 1.807) is 0 Å². The second-order valence-corrected chi connectivity index (χ2v) is 13.0. The standard InChI is InChI=1S/C40H66N2O/c1-5-9-13-17-21-31-41(32-22-18-14-10-6-2)35-27-25-29-37-39(35)40-36(28-26-30-38(40)43-37)42(33-23-19-15-11-7-3)34-24-20-16-12-8-4/h25-30H,5-24,31-34H2,1-4H3. The maximum Gasteiger partial charge on any atom is 0.137 e. The Hall–Kier alpha value is -2.16. The van der Waals surface area contributed by atoms with Gasteiger partial charge in [-0.3, -0.25) is 0 Å². The van der Waals surface area contributed by atoms with Crippen LogP contribution in [-0.2, 0) is 0 Å².